The quantitative estimate of drug-likeness (QED) is 0.700. The minimum Gasteiger partial charge on any atom is -0.508 e. The number of carboxylic acids is 1. The Balaban J connectivity index is 2.65. The van der Waals surface area contributed by atoms with Gasteiger partial charge >= 0.3 is 5.97 Å². The number of aliphatic carboxylic acids is 1. The number of carboxylic acid groups (broad SMARTS) is 1. The molecule has 1 aromatic carbocycles. The lowest BCUT2D eigenvalue weighted by Crippen LogP contribution is -2.09. The van der Waals surface area contributed by atoms with Crippen LogP contribution in [0.5, 0.6) is 5.75 Å². The fraction of sp³-hybridized carbons (Fsp3) is 0.200. The molecular weight excluding hydrogens is 184 g/mol. The summed E-state index contributed by atoms with van der Waals surface area (Å²) in [6.45, 7) is 0. The molecule has 0 aliphatic heterocycles. The summed E-state index contributed by atoms with van der Waals surface area (Å²) in [7, 11) is 0. The highest BCUT2D eigenvalue weighted by Crippen LogP contribution is 2.16. The van der Waals surface area contributed by atoms with E-state index in [1.807, 2.05) is 0 Å². The number of aromatic hydroxyl groups is 1. The van der Waals surface area contributed by atoms with Gasteiger partial charge in [-0.05, 0) is 6.07 Å². The van der Waals surface area contributed by atoms with E-state index in [2.05, 4.69) is 0 Å². The maximum Gasteiger partial charge on any atom is 0.310 e. The molecule has 4 nitrogen and oxygen atoms in total. The van der Waals surface area contributed by atoms with Crippen molar-refractivity contribution < 1.29 is 19.8 Å². The van der Waals surface area contributed by atoms with E-state index in [0.717, 1.165) is 0 Å². The Hall–Kier alpha value is -1.84. The molecule has 4 heteroatoms. The molecule has 0 atom stereocenters. The molecule has 0 aliphatic rings. The Morgan fingerprint density at radius 1 is 1.21 bits per heavy atom. The summed E-state index contributed by atoms with van der Waals surface area (Å²) >= 11 is 0. The molecule has 0 spiro atoms. The van der Waals surface area contributed by atoms with Crippen LogP contribution in [0.2, 0.25) is 0 Å². The van der Waals surface area contributed by atoms with Gasteiger partial charge in [0.25, 0.3) is 0 Å². The van der Waals surface area contributed by atoms with Gasteiger partial charge in [0.15, 0.2) is 0 Å². The van der Waals surface area contributed by atoms with Gasteiger partial charge in [0.1, 0.15) is 18.0 Å². The van der Waals surface area contributed by atoms with Crippen molar-refractivity contribution >= 4 is 11.8 Å². The number of benzene rings is 1. The van der Waals surface area contributed by atoms with Crippen LogP contribution < -0.4 is 0 Å². The fourth-order valence-electron chi connectivity index (χ4n) is 1.10. The second-order valence-electron chi connectivity index (χ2n) is 2.91. The molecule has 0 saturated carbocycles. The molecule has 0 amide bonds. The van der Waals surface area contributed by atoms with Crippen molar-refractivity contribution in [1.82, 2.24) is 0 Å². The first-order valence-corrected chi connectivity index (χ1v) is 4.10. The van der Waals surface area contributed by atoms with Crippen LogP contribution in [0.4, 0.5) is 0 Å². The molecule has 0 aromatic heterocycles. The van der Waals surface area contributed by atoms with Crippen molar-refractivity contribution in [2.24, 2.45) is 0 Å². The van der Waals surface area contributed by atoms with E-state index in [1.54, 1.807) is 18.2 Å². The molecule has 1 rings (SSSR count). The zero-order valence-electron chi connectivity index (χ0n) is 7.43. The minimum atomic E-state index is -1.15. The van der Waals surface area contributed by atoms with E-state index < -0.39 is 18.2 Å². The SMILES string of the molecule is O=C(O)CC(=O)Cc1ccccc1O. The first kappa shape index (κ1) is 10.2. The third kappa shape index (κ3) is 2.90. The van der Waals surface area contributed by atoms with Crippen LogP contribution in [0, 0.1) is 0 Å². The highest BCUT2D eigenvalue weighted by atomic mass is 16.4. The van der Waals surface area contributed by atoms with Crippen LogP contribution >= 0.6 is 0 Å². The van der Waals surface area contributed by atoms with Crippen LogP contribution in [0.15, 0.2) is 24.3 Å². The van der Waals surface area contributed by atoms with E-state index in [0.29, 0.717) is 5.56 Å². The number of Topliss-reactive ketones (excluding diaryl/α,β-unsaturated/α-hetero) is 1. The fourth-order valence-corrected chi connectivity index (χ4v) is 1.10. The van der Waals surface area contributed by atoms with Crippen molar-refractivity contribution in [3.05, 3.63) is 29.8 Å². The highest BCUT2D eigenvalue weighted by molar-refractivity contribution is 5.95. The molecule has 0 fully saturated rings. The highest BCUT2D eigenvalue weighted by Gasteiger charge is 2.10. The van der Waals surface area contributed by atoms with Gasteiger partial charge in [-0.1, -0.05) is 18.2 Å². The molecule has 0 aliphatic carbocycles. The number of carbonyl (C=O) groups excluding carboxylic acids is 1. The molecule has 0 radical (unpaired) electrons. The van der Waals surface area contributed by atoms with Crippen molar-refractivity contribution in [2.75, 3.05) is 0 Å². The second-order valence-corrected chi connectivity index (χ2v) is 2.91. The van der Waals surface area contributed by atoms with Crippen LogP contribution in [-0.2, 0) is 16.0 Å². The molecular formula is C10H10O4. The van der Waals surface area contributed by atoms with E-state index in [1.165, 1.54) is 6.07 Å². The molecule has 74 valence electrons. The van der Waals surface area contributed by atoms with Crippen LogP contribution in [0.25, 0.3) is 0 Å². The third-order valence-electron chi connectivity index (χ3n) is 1.73. The Labute approximate surface area is 80.8 Å². The van der Waals surface area contributed by atoms with Crippen LogP contribution in [0.1, 0.15) is 12.0 Å². The summed E-state index contributed by atoms with van der Waals surface area (Å²) in [4.78, 5) is 21.3. The number of ketones is 1. The van der Waals surface area contributed by atoms with Crippen molar-refractivity contribution in [3.63, 3.8) is 0 Å². The van der Waals surface area contributed by atoms with Crippen molar-refractivity contribution in [2.45, 2.75) is 12.8 Å². The summed E-state index contributed by atoms with van der Waals surface area (Å²) < 4.78 is 0. The van der Waals surface area contributed by atoms with Gasteiger partial charge in [0, 0.05) is 12.0 Å². The lowest BCUT2D eigenvalue weighted by molar-refractivity contribution is -0.140. The summed E-state index contributed by atoms with van der Waals surface area (Å²) in [5.41, 5.74) is 0.457. The zero-order valence-corrected chi connectivity index (χ0v) is 7.43. The predicted octanol–water partition coefficient (Wildman–Crippen LogP) is 0.978. The summed E-state index contributed by atoms with van der Waals surface area (Å²) in [6.07, 6.45) is -0.548. The Bertz CT molecular complexity index is 357. The largest absolute Gasteiger partial charge is 0.508 e. The standard InChI is InChI=1S/C10H10O4/c11-8(6-10(13)14)5-7-3-1-2-4-9(7)12/h1-4,12H,5-6H2,(H,13,14). The van der Waals surface area contributed by atoms with Crippen LogP contribution in [0.3, 0.4) is 0 Å². The average molecular weight is 194 g/mol. The Morgan fingerprint density at radius 3 is 2.43 bits per heavy atom. The number of hydrogen-bond acceptors (Lipinski definition) is 3. The maximum atomic E-state index is 11.1. The molecule has 0 heterocycles. The van der Waals surface area contributed by atoms with Crippen molar-refractivity contribution in [1.29, 1.82) is 0 Å². The number of phenolic OH excluding ortho intramolecular Hbond substituents is 1. The monoisotopic (exact) mass is 194 g/mol. The molecule has 0 unspecified atom stereocenters. The van der Waals surface area contributed by atoms with E-state index >= 15 is 0 Å². The predicted molar refractivity (Wildman–Crippen MR) is 49.1 cm³/mol. The van der Waals surface area contributed by atoms with Gasteiger partial charge < -0.3 is 10.2 Å². The lowest BCUT2D eigenvalue weighted by Gasteiger charge is -2.01. The molecule has 2 N–H and O–H groups in total. The number of carbonyl (C=O) groups is 2. The molecule has 0 saturated heterocycles. The zero-order chi connectivity index (χ0) is 10.6. The van der Waals surface area contributed by atoms with Gasteiger partial charge in [0.05, 0.1) is 0 Å². The van der Waals surface area contributed by atoms with Gasteiger partial charge in [-0.3, -0.25) is 9.59 Å². The normalized spacial score (nSPS) is 9.71. The van der Waals surface area contributed by atoms with E-state index in [9.17, 15) is 14.7 Å². The minimum absolute atomic E-state index is 0.0197. The second kappa shape index (κ2) is 4.41. The van der Waals surface area contributed by atoms with Gasteiger partial charge in [-0.2, -0.15) is 0 Å². The first-order valence-electron chi connectivity index (χ1n) is 4.10. The number of hydrogen-bond donors (Lipinski definition) is 2. The Kier molecular flexibility index (Phi) is 3.23. The summed E-state index contributed by atoms with van der Waals surface area (Å²) in [6, 6.07) is 6.38. The number of para-hydroxylation sites is 1. The molecule has 14 heavy (non-hydrogen) atoms. The summed E-state index contributed by atoms with van der Waals surface area (Å²) in [5.74, 6) is -1.55. The lowest BCUT2D eigenvalue weighted by atomic mass is 10.1. The third-order valence-corrected chi connectivity index (χ3v) is 1.73. The number of phenols is 1. The van der Waals surface area contributed by atoms with E-state index in [-0.39, 0.29) is 12.2 Å². The Morgan fingerprint density at radius 2 is 1.86 bits per heavy atom. The van der Waals surface area contributed by atoms with Crippen LogP contribution in [-0.4, -0.2) is 22.0 Å². The number of rotatable bonds is 4. The topological polar surface area (TPSA) is 74.6 Å². The van der Waals surface area contributed by atoms with Gasteiger partial charge in [-0.15, -0.1) is 0 Å². The average Bonchev–Trinajstić information content (AvgIpc) is 2.07. The van der Waals surface area contributed by atoms with Gasteiger partial charge in [-0.25, -0.2) is 0 Å². The van der Waals surface area contributed by atoms with E-state index in [4.69, 9.17) is 5.11 Å². The maximum absolute atomic E-state index is 11.1. The smallest absolute Gasteiger partial charge is 0.310 e. The molecule has 0 bridgehead atoms. The van der Waals surface area contributed by atoms with Gasteiger partial charge in [0.2, 0.25) is 0 Å². The molecule has 1 aromatic rings. The first-order chi connectivity index (χ1) is 6.59. The summed E-state index contributed by atoms with van der Waals surface area (Å²) in [5, 5.41) is 17.6. The van der Waals surface area contributed by atoms with Crippen molar-refractivity contribution in [3.8, 4) is 5.75 Å².